The van der Waals surface area contributed by atoms with Gasteiger partial charge in [0.05, 0.1) is 12.1 Å². The van der Waals surface area contributed by atoms with Crippen LogP contribution in [0.15, 0.2) is 29.1 Å². The van der Waals surface area contributed by atoms with Gasteiger partial charge in [0.15, 0.2) is 0 Å². The third kappa shape index (κ3) is 3.80. The van der Waals surface area contributed by atoms with Crippen molar-refractivity contribution in [3.8, 4) is 0 Å². The minimum Gasteiger partial charge on any atom is -0.447 e. The Balaban J connectivity index is 1.65. The number of nitrogens with zero attached hydrogens (tertiary/aromatic N) is 4. The molecule has 1 amide bonds. The molecule has 1 saturated heterocycles. The summed E-state index contributed by atoms with van der Waals surface area (Å²) in [7, 11) is 0. The van der Waals surface area contributed by atoms with Gasteiger partial charge in [-0.2, -0.15) is 15.0 Å². The third-order valence-electron chi connectivity index (χ3n) is 5.03. The van der Waals surface area contributed by atoms with E-state index in [1.54, 1.807) is 31.2 Å². The maximum Gasteiger partial charge on any atom is 0.417 e. The molecule has 3 aromatic rings. The highest BCUT2D eigenvalue weighted by Gasteiger charge is 2.35. The van der Waals surface area contributed by atoms with Crippen molar-refractivity contribution >= 4 is 40.5 Å². The molecule has 2 N–H and O–H groups in total. The van der Waals surface area contributed by atoms with E-state index in [4.69, 9.17) is 16.3 Å². The number of hydrogen-bond acceptors (Lipinski definition) is 7. The molecule has 1 unspecified atom stereocenters. The zero-order chi connectivity index (χ0) is 21.4. The van der Waals surface area contributed by atoms with Crippen LogP contribution in [-0.2, 0) is 4.74 Å². The van der Waals surface area contributed by atoms with Crippen molar-refractivity contribution in [2.24, 2.45) is 0 Å². The lowest BCUT2D eigenvalue weighted by Crippen LogP contribution is -2.35. The second-order valence-corrected chi connectivity index (χ2v) is 7.60. The molecule has 156 valence electrons. The molecule has 1 aliphatic rings. The average Bonchev–Trinajstić information content (AvgIpc) is 3.07. The van der Waals surface area contributed by atoms with Crippen LogP contribution in [-0.4, -0.2) is 38.7 Å². The van der Waals surface area contributed by atoms with Crippen molar-refractivity contribution in [1.82, 2.24) is 19.9 Å². The van der Waals surface area contributed by atoms with Crippen molar-refractivity contribution in [2.45, 2.75) is 39.3 Å². The Morgan fingerprint density at radius 1 is 1.30 bits per heavy atom. The first-order valence-corrected chi connectivity index (χ1v) is 10.0. The molecule has 0 bridgehead atoms. The monoisotopic (exact) mass is 428 g/mol. The Morgan fingerprint density at radius 3 is 2.87 bits per heavy atom. The summed E-state index contributed by atoms with van der Waals surface area (Å²) in [6.07, 6.45) is 0.235. The molecule has 9 nitrogen and oxygen atoms in total. The van der Waals surface area contributed by atoms with Crippen LogP contribution in [0, 0.1) is 6.92 Å². The van der Waals surface area contributed by atoms with Crippen LogP contribution in [0.25, 0.3) is 10.9 Å². The number of H-pyrrole nitrogens is 1. The maximum atomic E-state index is 12.6. The largest absolute Gasteiger partial charge is 0.447 e. The summed E-state index contributed by atoms with van der Waals surface area (Å²) >= 11 is 6.08. The molecule has 2 aromatic heterocycles. The average molecular weight is 429 g/mol. The topological polar surface area (TPSA) is 113 Å². The number of aryl methyl sites for hydroxylation is 1. The number of halogens is 1. The number of pyridine rings is 1. The van der Waals surface area contributed by atoms with Crippen LogP contribution in [0.2, 0.25) is 5.02 Å². The van der Waals surface area contributed by atoms with Gasteiger partial charge in [0, 0.05) is 21.5 Å². The Bertz CT molecular complexity index is 1180. The van der Waals surface area contributed by atoms with Gasteiger partial charge in [-0.25, -0.2) is 9.69 Å². The van der Waals surface area contributed by atoms with Crippen LogP contribution in [0.5, 0.6) is 0 Å². The van der Waals surface area contributed by atoms with Gasteiger partial charge in [-0.05, 0) is 44.5 Å². The van der Waals surface area contributed by atoms with Crippen LogP contribution >= 0.6 is 11.6 Å². The predicted octanol–water partition coefficient (Wildman–Crippen LogP) is 3.58. The summed E-state index contributed by atoms with van der Waals surface area (Å²) in [5.41, 5.74) is 0.998. The fourth-order valence-electron chi connectivity index (χ4n) is 3.43. The highest BCUT2D eigenvalue weighted by Crippen LogP contribution is 2.24. The van der Waals surface area contributed by atoms with Gasteiger partial charge in [-0.3, -0.25) is 4.79 Å². The molecule has 30 heavy (non-hydrogen) atoms. The van der Waals surface area contributed by atoms with E-state index in [0.717, 1.165) is 5.39 Å². The minimum absolute atomic E-state index is 0.127. The van der Waals surface area contributed by atoms with Crippen molar-refractivity contribution < 1.29 is 9.53 Å². The molecule has 10 heteroatoms. The van der Waals surface area contributed by atoms with Crippen molar-refractivity contribution in [1.29, 1.82) is 0 Å². The van der Waals surface area contributed by atoms with E-state index in [-0.39, 0.29) is 23.5 Å². The number of carbonyl (C=O) groups is 1. The molecule has 1 aromatic carbocycles. The smallest absolute Gasteiger partial charge is 0.417 e. The fraction of sp³-hybridized carbons (Fsp3) is 0.350. The van der Waals surface area contributed by atoms with E-state index in [9.17, 15) is 9.59 Å². The number of nitrogens with one attached hydrogen (secondary N) is 2. The van der Waals surface area contributed by atoms with E-state index in [1.165, 1.54) is 4.90 Å². The van der Waals surface area contributed by atoms with Crippen LogP contribution in [0.4, 0.5) is 16.7 Å². The van der Waals surface area contributed by atoms with E-state index < -0.39 is 12.1 Å². The molecule has 1 fully saturated rings. The van der Waals surface area contributed by atoms with Crippen molar-refractivity contribution in [3.63, 3.8) is 0 Å². The SMILES string of the molecule is CC[C@H]1COC(=O)N1c1nc(C)nc(NC(C)c2cc3cc(Cl)ccc3[nH]c2=O)n1. The van der Waals surface area contributed by atoms with Gasteiger partial charge < -0.3 is 15.0 Å². The second kappa shape index (κ2) is 7.91. The van der Waals surface area contributed by atoms with E-state index in [2.05, 4.69) is 25.3 Å². The molecule has 0 spiro atoms. The van der Waals surface area contributed by atoms with E-state index >= 15 is 0 Å². The summed E-state index contributed by atoms with van der Waals surface area (Å²) in [6.45, 7) is 5.81. The van der Waals surface area contributed by atoms with Gasteiger partial charge >= 0.3 is 6.09 Å². The molecule has 2 atom stereocenters. The summed E-state index contributed by atoms with van der Waals surface area (Å²) in [4.78, 5) is 42.0. The van der Waals surface area contributed by atoms with Crippen LogP contribution in [0.1, 0.15) is 37.7 Å². The summed E-state index contributed by atoms with van der Waals surface area (Å²) in [5.74, 6) is 0.944. The molecule has 0 aliphatic carbocycles. The molecular weight excluding hydrogens is 408 g/mol. The molecule has 0 saturated carbocycles. The lowest BCUT2D eigenvalue weighted by Gasteiger charge is -2.20. The second-order valence-electron chi connectivity index (χ2n) is 7.17. The molecule has 0 radical (unpaired) electrons. The van der Waals surface area contributed by atoms with Gasteiger partial charge in [0.1, 0.15) is 12.4 Å². The van der Waals surface area contributed by atoms with Gasteiger partial charge in [0.25, 0.3) is 5.56 Å². The number of amides is 1. The summed E-state index contributed by atoms with van der Waals surface area (Å²) in [5, 5.41) is 4.54. The minimum atomic E-state index is -0.477. The number of benzene rings is 1. The van der Waals surface area contributed by atoms with Gasteiger partial charge in [0.2, 0.25) is 11.9 Å². The first-order valence-electron chi connectivity index (χ1n) is 9.63. The van der Waals surface area contributed by atoms with Crippen LogP contribution < -0.4 is 15.8 Å². The zero-order valence-corrected chi connectivity index (χ0v) is 17.5. The van der Waals surface area contributed by atoms with Crippen molar-refractivity contribution in [2.75, 3.05) is 16.8 Å². The summed E-state index contributed by atoms with van der Waals surface area (Å²) < 4.78 is 5.13. The van der Waals surface area contributed by atoms with E-state index in [1.807, 2.05) is 13.8 Å². The number of hydrogen-bond donors (Lipinski definition) is 2. The number of fused-ring (bicyclic) bond motifs is 1. The normalized spacial score (nSPS) is 17.3. The Hall–Kier alpha value is -3.20. The van der Waals surface area contributed by atoms with Crippen molar-refractivity contribution in [3.05, 3.63) is 51.0 Å². The third-order valence-corrected chi connectivity index (χ3v) is 5.27. The number of cyclic esters (lactones) is 1. The van der Waals surface area contributed by atoms with Gasteiger partial charge in [-0.1, -0.05) is 18.5 Å². The fourth-order valence-corrected chi connectivity index (χ4v) is 3.61. The lowest BCUT2D eigenvalue weighted by molar-refractivity contribution is 0.178. The van der Waals surface area contributed by atoms with Gasteiger partial charge in [-0.15, -0.1) is 0 Å². The first kappa shape index (κ1) is 20.1. The highest BCUT2D eigenvalue weighted by molar-refractivity contribution is 6.31. The first-order chi connectivity index (χ1) is 14.4. The molecule has 3 heterocycles. The quantitative estimate of drug-likeness (QED) is 0.638. The molecule has 1 aliphatic heterocycles. The molecule has 4 rings (SSSR count). The number of ether oxygens (including phenoxy) is 1. The standard InChI is InChI=1S/C20H21ClN6O3/c1-4-14-9-30-20(29)27(14)19-24-11(3)23-18(26-19)22-10(2)15-8-12-7-13(21)5-6-16(12)25-17(15)28/h5-8,10,14H,4,9H2,1-3H3,(H,25,28)(H,22,23,24,26)/t10?,14-/m0/s1. The maximum absolute atomic E-state index is 12.6. The Kier molecular flexibility index (Phi) is 5.29. The predicted molar refractivity (Wildman–Crippen MR) is 114 cm³/mol. The molecular formula is C20H21ClN6O3. The van der Waals surface area contributed by atoms with Crippen LogP contribution in [0.3, 0.4) is 0 Å². The lowest BCUT2D eigenvalue weighted by atomic mass is 10.1. The summed E-state index contributed by atoms with van der Waals surface area (Å²) in [6, 6.07) is 6.54. The number of aromatic amines is 1. The number of carbonyl (C=O) groups excluding carboxylic acids is 1. The zero-order valence-electron chi connectivity index (χ0n) is 16.8. The van der Waals surface area contributed by atoms with E-state index in [0.29, 0.717) is 35.0 Å². The Labute approximate surface area is 177 Å². The number of aromatic nitrogens is 4. The Morgan fingerprint density at radius 2 is 2.10 bits per heavy atom. The highest BCUT2D eigenvalue weighted by atomic mass is 35.5. The number of anilines is 2. The number of rotatable bonds is 5.